The van der Waals surface area contributed by atoms with E-state index in [0.717, 1.165) is 21.5 Å². The molecule has 1 aliphatic rings. The topological polar surface area (TPSA) is 35.5 Å². The van der Waals surface area contributed by atoms with Gasteiger partial charge >= 0.3 is 134 Å². The molecular weight excluding hydrogens is 380 g/mol. The molecular formula is C17H16O3Te. The van der Waals surface area contributed by atoms with Gasteiger partial charge in [-0.2, -0.15) is 0 Å². The second kappa shape index (κ2) is 6.51. The molecule has 4 heteroatoms. The third-order valence-electron chi connectivity index (χ3n) is 3.47. The zero-order valence-corrected chi connectivity index (χ0v) is 14.1. The number of hydrogen-bond acceptors (Lipinski definition) is 3. The molecule has 108 valence electrons. The summed E-state index contributed by atoms with van der Waals surface area (Å²) in [7, 11) is 1.67. The fraction of sp³-hybridized carbons (Fsp3) is 0.235. The van der Waals surface area contributed by atoms with Gasteiger partial charge in [-0.1, -0.05) is 0 Å². The van der Waals surface area contributed by atoms with Gasteiger partial charge in [0, 0.05) is 0 Å². The number of rotatable bonds is 4. The van der Waals surface area contributed by atoms with Crippen LogP contribution in [0.15, 0.2) is 48.5 Å². The quantitative estimate of drug-likeness (QED) is 0.745. The molecule has 0 aliphatic carbocycles. The predicted molar refractivity (Wildman–Crippen MR) is 82.9 cm³/mol. The zero-order chi connectivity index (χ0) is 14.7. The minimum absolute atomic E-state index is 0.00408. The van der Waals surface area contributed by atoms with E-state index in [1.165, 1.54) is 3.61 Å². The molecule has 0 bridgehead atoms. The Hall–Kier alpha value is -1.50. The van der Waals surface area contributed by atoms with Gasteiger partial charge in [0.25, 0.3) is 0 Å². The van der Waals surface area contributed by atoms with E-state index in [9.17, 15) is 4.79 Å². The Balaban J connectivity index is 1.65. The van der Waals surface area contributed by atoms with Crippen molar-refractivity contribution in [2.75, 3.05) is 13.7 Å². The Morgan fingerprint density at radius 3 is 2.71 bits per heavy atom. The Labute approximate surface area is 134 Å². The Morgan fingerprint density at radius 1 is 1.19 bits per heavy atom. The van der Waals surface area contributed by atoms with E-state index in [1.807, 2.05) is 36.4 Å². The number of ether oxygens (including phenoxy) is 2. The number of carbonyl (C=O) groups excluding carboxylic acids is 1. The standard InChI is InChI=1S/C17H16O3Te/c1-19-13-6-8-14(9-7-13)21-11-12-10-20-16-5-3-2-4-15(16)17(12)18/h2-9,12H,10-11H2,1H3. The molecule has 0 spiro atoms. The van der Waals surface area contributed by atoms with E-state index in [1.54, 1.807) is 7.11 Å². The Bertz CT molecular complexity index is 637. The molecule has 0 N–H and O–H groups in total. The molecule has 0 saturated carbocycles. The second-order valence-electron chi connectivity index (χ2n) is 4.85. The monoisotopic (exact) mass is 398 g/mol. The Morgan fingerprint density at radius 2 is 1.95 bits per heavy atom. The number of para-hydroxylation sites is 1. The number of Topliss-reactive ketones (excluding diaryl/α,β-unsaturated/α-hetero) is 1. The number of fused-ring (bicyclic) bond motifs is 1. The third-order valence-corrected chi connectivity index (χ3v) is 6.83. The number of methoxy groups -OCH3 is 1. The molecule has 0 saturated heterocycles. The van der Waals surface area contributed by atoms with Crippen molar-refractivity contribution in [1.29, 1.82) is 0 Å². The van der Waals surface area contributed by atoms with Crippen LogP contribution in [0.1, 0.15) is 10.4 Å². The van der Waals surface area contributed by atoms with Crippen LogP contribution in [0.3, 0.4) is 0 Å². The maximum atomic E-state index is 12.5. The molecule has 0 fully saturated rings. The van der Waals surface area contributed by atoms with Crippen LogP contribution in [0.2, 0.25) is 4.47 Å². The number of ketones is 1. The van der Waals surface area contributed by atoms with Gasteiger partial charge in [-0.15, -0.1) is 0 Å². The van der Waals surface area contributed by atoms with Gasteiger partial charge in [0.2, 0.25) is 0 Å². The van der Waals surface area contributed by atoms with E-state index in [2.05, 4.69) is 12.1 Å². The van der Waals surface area contributed by atoms with Gasteiger partial charge in [-0.3, -0.25) is 0 Å². The zero-order valence-electron chi connectivity index (χ0n) is 11.7. The van der Waals surface area contributed by atoms with E-state index >= 15 is 0 Å². The predicted octanol–water partition coefficient (Wildman–Crippen LogP) is 2.33. The van der Waals surface area contributed by atoms with E-state index in [0.29, 0.717) is 6.61 Å². The number of benzene rings is 2. The van der Waals surface area contributed by atoms with Crippen LogP contribution in [0.25, 0.3) is 0 Å². The molecule has 3 rings (SSSR count). The Kier molecular flexibility index (Phi) is 4.48. The first-order valence-corrected chi connectivity index (χ1v) is 9.62. The first-order chi connectivity index (χ1) is 10.3. The van der Waals surface area contributed by atoms with Crippen molar-refractivity contribution in [3.8, 4) is 11.5 Å². The van der Waals surface area contributed by atoms with Crippen LogP contribution in [-0.2, 0) is 0 Å². The summed E-state index contributed by atoms with van der Waals surface area (Å²) in [4.78, 5) is 12.5. The molecule has 1 unspecified atom stereocenters. The normalized spacial score (nSPS) is 17.0. The third kappa shape index (κ3) is 3.23. The summed E-state index contributed by atoms with van der Waals surface area (Å²) in [5.41, 5.74) is 0.732. The van der Waals surface area contributed by atoms with Crippen LogP contribution in [0.5, 0.6) is 11.5 Å². The molecule has 21 heavy (non-hydrogen) atoms. The van der Waals surface area contributed by atoms with Crippen molar-refractivity contribution < 1.29 is 14.3 Å². The van der Waals surface area contributed by atoms with Crippen LogP contribution >= 0.6 is 0 Å². The summed E-state index contributed by atoms with van der Waals surface area (Å²) >= 11 is -0.383. The van der Waals surface area contributed by atoms with Gasteiger partial charge in [-0.05, 0) is 0 Å². The first-order valence-electron chi connectivity index (χ1n) is 6.81. The summed E-state index contributed by atoms with van der Waals surface area (Å²) in [5.74, 6) is 1.83. The summed E-state index contributed by atoms with van der Waals surface area (Å²) in [6.07, 6.45) is 0. The number of hydrogen-bond donors (Lipinski definition) is 0. The van der Waals surface area contributed by atoms with E-state index < -0.39 is 0 Å². The fourth-order valence-corrected chi connectivity index (χ4v) is 5.04. The molecule has 0 amide bonds. The average molecular weight is 396 g/mol. The van der Waals surface area contributed by atoms with Crippen LogP contribution in [0.4, 0.5) is 0 Å². The van der Waals surface area contributed by atoms with Crippen molar-refractivity contribution in [3.63, 3.8) is 0 Å². The van der Waals surface area contributed by atoms with Gasteiger partial charge in [0.15, 0.2) is 0 Å². The molecule has 1 atom stereocenters. The molecule has 2 aromatic rings. The van der Waals surface area contributed by atoms with Gasteiger partial charge in [-0.25, -0.2) is 0 Å². The van der Waals surface area contributed by atoms with Crippen molar-refractivity contribution in [2.24, 2.45) is 5.92 Å². The van der Waals surface area contributed by atoms with Crippen molar-refractivity contribution in [1.82, 2.24) is 0 Å². The first kappa shape index (κ1) is 14.4. The SMILES string of the molecule is COc1ccc([Te]CC2COc3ccccc3C2=O)cc1. The molecule has 1 aliphatic heterocycles. The summed E-state index contributed by atoms with van der Waals surface area (Å²) in [5, 5.41) is 0. The van der Waals surface area contributed by atoms with Crippen LogP contribution in [0, 0.1) is 5.92 Å². The van der Waals surface area contributed by atoms with E-state index in [-0.39, 0.29) is 32.6 Å². The molecule has 2 aromatic carbocycles. The summed E-state index contributed by atoms with van der Waals surface area (Å²) in [6.45, 7) is 0.511. The molecule has 3 nitrogen and oxygen atoms in total. The maximum absolute atomic E-state index is 12.5. The summed E-state index contributed by atoms with van der Waals surface area (Å²) < 4.78 is 13.1. The van der Waals surface area contributed by atoms with Crippen molar-refractivity contribution in [2.45, 2.75) is 4.47 Å². The van der Waals surface area contributed by atoms with Crippen LogP contribution < -0.4 is 13.1 Å². The van der Waals surface area contributed by atoms with Crippen LogP contribution in [-0.4, -0.2) is 40.4 Å². The molecule has 0 aromatic heterocycles. The van der Waals surface area contributed by atoms with Gasteiger partial charge in [0.05, 0.1) is 0 Å². The van der Waals surface area contributed by atoms with Crippen molar-refractivity contribution in [3.05, 3.63) is 54.1 Å². The molecule has 1 heterocycles. The average Bonchev–Trinajstić information content (AvgIpc) is 2.55. The van der Waals surface area contributed by atoms with Crippen molar-refractivity contribution >= 4 is 30.3 Å². The fourth-order valence-electron chi connectivity index (χ4n) is 2.27. The van der Waals surface area contributed by atoms with Gasteiger partial charge in [0.1, 0.15) is 0 Å². The second-order valence-corrected chi connectivity index (χ2v) is 7.98. The van der Waals surface area contributed by atoms with E-state index in [4.69, 9.17) is 9.47 Å². The summed E-state index contributed by atoms with van der Waals surface area (Å²) in [6, 6.07) is 15.7. The molecule has 0 radical (unpaired) electrons. The minimum atomic E-state index is -0.383. The van der Waals surface area contributed by atoms with Gasteiger partial charge < -0.3 is 0 Å². The number of carbonyl (C=O) groups is 1.